The fourth-order valence-electron chi connectivity index (χ4n) is 5.46. The summed E-state index contributed by atoms with van der Waals surface area (Å²) in [7, 11) is 0. The Kier molecular flexibility index (Phi) is 8.10. The predicted octanol–water partition coefficient (Wildman–Crippen LogP) is 4.61. The Morgan fingerprint density at radius 1 is 1.10 bits per heavy atom. The Labute approximate surface area is 228 Å². The lowest BCUT2D eigenvalue weighted by Gasteiger charge is -2.25. The van der Waals surface area contributed by atoms with E-state index < -0.39 is 11.4 Å². The van der Waals surface area contributed by atoms with E-state index in [1.807, 2.05) is 60.7 Å². The minimum absolute atomic E-state index is 0.0166. The summed E-state index contributed by atoms with van der Waals surface area (Å²) in [4.78, 5) is 37.1. The summed E-state index contributed by atoms with van der Waals surface area (Å²) < 4.78 is 5.54. The van der Waals surface area contributed by atoms with Gasteiger partial charge in [-0.15, -0.1) is 5.10 Å². The summed E-state index contributed by atoms with van der Waals surface area (Å²) >= 11 is 0. The van der Waals surface area contributed by atoms with Crippen molar-refractivity contribution in [3.63, 3.8) is 0 Å². The molecule has 8 nitrogen and oxygen atoms in total. The van der Waals surface area contributed by atoms with Gasteiger partial charge in [0.1, 0.15) is 0 Å². The van der Waals surface area contributed by atoms with Gasteiger partial charge in [0, 0.05) is 12.1 Å². The molecule has 2 amide bonds. The predicted molar refractivity (Wildman–Crippen MR) is 147 cm³/mol. The van der Waals surface area contributed by atoms with Crippen LogP contribution in [0.2, 0.25) is 0 Å². The molecule has 2 saturated carbocycles. The largest absolute Gasteiger partial charge is 0.481 e. The first-order valence-corrected chi connectivity index (χ1v) is 13.8. The van der Waals surface area contributed by atoms with Crippen molar-refractivity contribution in [3.05, 3.63) is 83.4 Å². The first-order valence-electron chi connectivity index (χ1n) is 13.8. The van der Waals surface area contributed by atoms with Crippen LogP contribution in [-0.2, 0) is 25.7 Å². The van der Waals surface area contributed by atoms with Crippen LogP contribution < -0.4 is 5.32 Å². The van der Waals surface area contributed by atoms with Crippen molar-refractivity contribution < 1.29 is 24.2 Å². The summed E-state index contributed by atoms with van der Waals surface area (Å²) in [6.07, 6.45) is 9.95. The van der Waals surface area contributed by atoms with E-state index in [4.69, 9.17) is 4.74 Å². The molecule has 0 bridgehead atoms. The molecule has 0 radical (unpaired) electrons. The van der Waals surface area contributed by atoms with Gasteiger partial charge in [0.2, 0.25) is 11.8 Å². The molecule has 0 spiro atoms. The molecule has 3 aliphatic rings. The molecule has 204 valence electrons. The zero-order valence-electron chi connectivity index (χ0n) is 22.1. The van der Waals surface area contributed by atoms with E-state index in [-0.39, 0.29) is 24.3 Å². The quantitative estimate of drug-likeness (QED) is 0.327. The van der Waals surface area contributed by atoms with Gasteiger partial charge >= 0.3 is 5.97 Å². The Hall–Kier alpha value is -3.94. The van der Waals surface area contributed by atoms with Crippen molar-refractivity contribution in [1.82, 2.24) is 10.3 Å². The summed E-state index contributed by atoms with van der Waals surface area (Å²) in [6, 6.07) is 17.4. The number of hydrogen-bond acceptors (Lipinski definition) is 5. The van der Waals surface area contributed by atoms with Crippen LogP contribution in [0.5, 0.6) is 0 Å². The molecule has 2 N–H and O–H groups in total. The van der Waals surface area contributed by atoms with E-state index in [1.54, 1.807) is 6.08 Å². The molecular weight excluding hydrogens is 494 g/mol. The second kappa shape index (κ2) is 11.8. The lowest BCUT2D eigenvalue weighted by atomic mass is 9.83. The van der Waals surface area contributed by atoms with E-state index in [2.05, 4.69) is 10.4 Å². The van der Waals surface area contributed by atoms with Gasteiger partial charge in [0.05, 0.1) is 17.9 Å². The van der Waals surface area contributed by atoms with E-state index in [0.29, 0.717) is 44.2 Å². The van der Waals surface area contributed by atoms with Gasteiger partial charge < -0.3 is 15.2 Å². The third-order valence-electron chi connectivity index (χ3n) is 7.94. The second-order valence-electron chi connectivity index (χ2n) is 10.7. The topological polar surface area (TPSA) is 108 Å². The van der Waals surface area contributed by atoms with Gasteiger partial charge in [0.25, 0.3) is 5.91 Å². The van der Waals surface area contributed by atoms with Crippen molar-refractivity contribution in [3.8, 4) is 0 Å². The molecule has 8 heteroatoms. The molecule has 0 aromatic heterocycles. The third kappa shape index (κ3) is 6.38. The Bertz CT molecular complexity index is 1240. The smallest absolute Gasteiger partial charge is 0.313 e. The fourth-order valence-corrected chi connectivity index (χ4v) is 5.46. The SMILES string of the molecule is O=C(NCCC=CC1(C(=O)O)CC1)C(c1ccc(CN2N=C(c3ccccc3)OCC2=O)cc1)C1CCCC1. The van der Waals surface area contributed by atoms with E-state index in [9.17, 15) is 19.5 Å². The number of amides is 2. The van der Waals surface area contributed by atoms with Crippen LogP contribution in [0, 0.1) is 11.3 Å². The summed E-state index contributed by atoms with van der Waals surface area (Å²) in [5.74, 6) is -0.460. The number of hydrazone groups is 1. The third-order valence-corrected chi connectivity index (χ3v) is 7.94. The number of ether oxygens (including phenoxy) is 1. The molecule has 2 fully saturated rings. The van der Waals surface area contributed by atoms with Crippen LogP contribution in [0.1, 0.15) is 67.6 Å². The minimum Gasteiger partial charge on any atom is -0.481 e. The van der Waals surface area contributed by atoms with Crippen LogP contribution in [-0.4, -0.2) is 46.9 Å². The van der Waals surface area contributed by atoms with Crippen LogP contribution in [0.3, 0.4) is 0 Å². The van der Waals surface area contributed by atoms with E-state index >= 15 is 0 Å². The number of carbonyl (C=O) groups is 3. The van der Waals surface area contributed by atoms with Gasteiger partial charge in [0.15, 0.2) is 6.61 Å². The second-order valence-corrected chi connectivity index (χ2v) is 10.7. The van der Waals surface area contributed by atoms with Crippen LogP contribution >= 0.6 is 0 Å². The lowest BCUT2D eigenvalue weighted by molar-refractivity contribution is -0.141. The van der Waals surface area contributed by atoms with E-state index in [1.165, 1.54) is 5.01 Å². The highest BCUT2D eigenvalue weighted by Crippen LogP contribution is 2.47. The molecular formula is C31H35N3O5. The number of carboxylic acids is 1. The Balaban J connectivity index is 1.22. The molecule has 2 aromatic rings. The maximum Gasteiger partial charge on any atom is 0.313 e. The maximum absolute atomic E-state index is 13.3. The van der Waals surface area contributed by atoms with Crippen LogP contribution in [0.15, 0.2) is 71.9 Å². The first kappa shape index (κ1) is 26.7. The number of nitrogens with zero attached hydrogens (tertiary/aromatic N) is 2. The van der Waals surface area contributed by atoms with Crippen LogP contribution in [0.4, 0.5) is 0 Å². The minimum atomic E-state index is -0.769. The summed E-state index contributed by atoms with van der Waals surface area (Å²) in [5.41, 5.74) is 2.04. The molecule has 1 aliphatic heterocycles. The van der Waals surface area contributed by atoms with Gasteiger partial charge in [-0.25, -0.2) is 5.01 Å². The van der Waals surface area contributed by atoms with E-state index in [0.717, 1.165) is 42.4 Å². The van der Waals surface area contributed by atoms with Gasteiger partial charge in [-0.05, 0) is 61.3 Å². The fraction of sp³-hybridized carbons (Fsp3) is 0.419. The molecule has 39 heavy (non-hydrogen) atoms. The number of benzene rings is 2. The summed E-state index contributed by atoms with van der Waals surface area (Å²) in [5, 5.41) is 18.2. The maximum atomic E-state index is 13.3. The average Bonchev–Trinajstić information content (AvgIpc) is 3.56. The molecule has 1 unspecified atom stereocenters. The standard InChI is InChI=1S/C31H35N3O5/c35-26-21-39-29(25-10-2-1-3-11-25)33-34(26)20-22-12-14-24(15-13-22)27(23-8-4-5-9-23)28(36)32-19-7-6-16-31(17-18-31)30(37)38/h1-3,6,10-16,23,27H,4-5,7-9,17-21H2,(H,32,36)(H,37,38). The number of carbonyl (C=O) groups excluding carboxylic acids is 2. The van der Waals surface area contributed by atoms with Crippen molar-refractivity contribution in [2.24, 2.45) is 16.4 Å². The molecule has 2 aromatic carbocycles. The lowest BCUT2D eigenvalue weighted by Crippen LogP contribution is -2.36. The molecule has 2 aliphatic carbocycles. The number of carboxylic acid groups (broad SMARTS) is 1. The van der Waals surface area contributed by atoms with Crippen molar-refractivity contribution in [2.45, 2.75) is 57.4 Å². The Morgan fingerprint density at radius 3 is 2.49 bits per heavy atom. The van der Waals surface area contributed by atoms with Gasteiger partial charge in [-0.3, -0.25) is 14.4 Å². The van der Waals surface area contributed by atoms with Crippen molar-refractivity contribution in [2.75, 3.05) is 13.2 Å². The molecule has 5 rings (SSSR count). The highest BCUT2D eigenvalue weighted by Gasteiger charge is 2.47. The summed E-state index contributed by atoms with van der Waals surface area (Å²) in [6.45, 7) is 0.749. The number of aliphatic carboxylic acids is 1. The zero-order valence-corrected chi connectivity index (χ0v) is 22.1. The molecule has 0 saturated heterocycles. The van der Waals surface area contributed by atoms with Crippen LogP contribution in [0.25, 0.3) is 0 Å². The highest BCUT2D eigenvalue weighted by molar-refractivity contribution is 5.97. The van der Waals surface area contributed by atoms with Crippen molar-refractivity contribution in [1.29, 1.82) is 0 Å². The molecule has 1 atom stereocenters. The monoisotopic (exact) mass is 529 g/mol. The highest BCUT2D eigenvalue weighted by atomic mass is 16.5. The zero-order chi connectivity index (χ0) is 27.2. The normalized spacial score (nSPS) is 19.4. The average molecular weight is 530 g/mol. The number of rotatable bonds is 11. The van der Waals surface area contributed by atoms with Gasteiger partial charge in [-0.2, -0.15) is 0 Å². The molecule has 1 heterocycles. The Morgan fingerprint density at radius 2 is 1.82 bits per heavy atom. The number of hydrogen-bond donors (Lipinski definition) is 2. The first-order chi connectivity index (χ1) is 18.9. The van der Waals surface area contributed by atoms with Crippen molar-refractivity contribution >= 4 is 23.7 Å². The van der Waals surface area contributed by atoms with Gasteiger partial charge in [-0.1, -0.05) is 67.5 Å². The number of nitrogens with one attached hydrogen (secondary N) is 1.